The van der Waals surface area contributed by atoms with Gasteiger partial charge in [0, 0.05) is 17.3 Å². The van der Waals surface area contributed by atoms with Crippen molar-refractivity contribution in [3.05, 3.63) is 53.8 Å². The molecule has 27 heavy (non-hydrogen) atoms. The summed E-state index contributed by atoms with van der Waals surface area (Å²) in [4.78, 5) is 13.4. The highest BCUT2D eigenvalue weighted by Crippen LogP contribution is 2.30. The van der Waals surface area contributed by atoms with E-state index in [-0.39, 0.29) is 24.3 Å². The molecule has 0 aromatic heterocycles. The van der Waals surface area contributed by atoms with Gasteiger partial charge in [-0.3, -0.25) is 4.79 Å². The van der Waals surface area contributed by atoms with Crippen molar-refractivity contribution in [2.45, 2.75) is 26.8 Å². The third-order valence-electron chi connectivity index (χ3n) is 4.38. The van der Waals surface area contributed by atoms with Crippen molar-refractivity contribution in [1.82, 2.24) is 0 Å². The molecular weight excluding hydrogens is 347 g/mol. The molecule has 0 aliphatic rings. The lowest BCUT2D eigenvalue weighted by atomic mass is 10.1. The maximum absolute atomic E-state index is 13.1. The molecule has 0 aliphatic heterocycles. The van der Waals surface area contributed by atoms with Crippen molar-refractivity contribution in [3.63, 3.8) is 0 Å². The van der Waals surface area contributed by atoms with Crippen LogP contribution in [0.1, 0.15) is 32.4 Å². The average molecular weight is 375 g/mol. The molecule has 0 saturated carbocycles. The monoisotopic (exact) mass is 375 g/mol. The van der Waals surface area contributed by atoms with Gasteiger partial charge in [0.25, 0.3) is 5.91 Å². The Bertz CT molecular complexity index is 750. The Hall–Kier alpha value is -2.60. The standard InChI is InChI=1S/C21H27FN2O3/c1-5-26-19-12-11-18(13-20(19)27-6-2)23-21(25)14-24(4)15(3)16-7-9-17(22)10-8-16/h7-13,15H,5-6,14H2,1-4H3,(H,23,25)/p+1/t15-/m1/s1. The van der Waals surface area contributed by atoms with Crippen LogP contribution in [0, 0.1) is 5.82 Å². The molecule has 2 N–H and O–H groups in total. The first-order chi connectivity index (χ1) is 12.9. The largest absolute Gasteiger partial charge is 0.490 e. The summed E-state index contributed by atoms with van der Waals surface area (Å²) in [6.45, 7) is 7.17. The van der Waals surface area contributed by atoms with Gasteiger partial charge in [-0.1, -0.05) is 12.1 Å². The van der Waals surface area contributed by atoms with Crippen LogP contribution in [-0.4, -0.2) is 32.7 Å². The number of amides is 1. The second-order valence-electron chi connectivity index (χ2n) is 6.37. The molecule has 2 aromatic carbocycles. The fourth-order valence-electron chi connectivity index (χ4n) is 2.78. The first kappa shape index (κ1) is 20.7. The summed E-state index contributed by atoms with van der Waals surface area (Å²) < 4.78 is 24.2. The average Bonchev–Trinajstić information content (AvgIpc) is 2.64. The maximum atomic E-state index is 13.1. The molecule has 146 valence electrons. The Balaban J connectivity index is 1.99. The topological polar surface area (TPSA) is 52.0 Å². The van der Waals surface area contributed by atoms with Crippen molar-refractivity contribution in [2.75, 3.05) is 32.1 Å². The normalized spacial score (nSPS) is 12.9. The Labute approximate surface area is 160 Å². The lowest BCUT2D eigenvalue weighted by Crippen LogP contribution is -3.10. The summed E-state index contributed by atoms with van der Waals surface area (Å²) >= 11 is 0. The quantitative estimate of drug-likeness (QED) is 0.709. The number of ether oxygens (including phenoxy) is 2. The van der Waals surface area contributed by atoms with Gasteiger partial charge in [-0.15, -0.1) is 0 Å². The molecule has 0 heterocycles. The first-order valence-electron chi connectivity index (χ1n) is 9.21. The number of nitrogens with one attached hydrogen (secondary N) is 2. The van der Waals surface area contributed by atoms with Crippen LogP contribution in [-0.2, 0) is 4.79 Å². The second kappa shape index (κ2) is 9.92. The van der Waals surface area contributed by atoms with Crippen molar-refractivity contribution < 1.29 is 23.6 Å². The fraction of sp³-hybridized carbons (Fsp3) is 0.381. The summed E-state index contributed by atoms with van der Waals surface area (Å²) in [5.74, 6) is 0.901. The van der Waals surface area contributed by atoms with Gasteiger partial charge in [0.15, 0.2) is 18.0 Å². The van der Waals surface area contributed by atoms with E-state index >= 15 is 0 Å². The number of halogens is 1. The molecule has 0 aliphatic carbocycles. The SMILES string of the molecule is CCOc1ccc(NC(=O)C[NH+](C)[C@H](C)c2ccc(F)cc2)cc1OCC. The van der Waals surface area contributed by atoms with E-state index in [0.29, 0.717) is 30.4 Å². The van der Waals surface area contributed by atoms with E-state index in [9.17, 15) is 9.18 Å². The number of carbonyl (C=O) groups excluding carboxylic acids is 1. The van der Waals surface area contributed by atoms with E-state index in [4.69, 9.17) is 9.47 Å². The van der Waals surface area contributed by atoms with Gasteiger partial charge in [0.1, 0.15) is 11.9 Å². The van der Waals surface area contributed by atoms with Gasteiger partial charge in [0.2, 0.25) is 0 Å². The summed E-state index contributed by atoms with van der Waals surface area (Å²) in [5.41, 5.74) is 1.65. The smallest absolute Gasteiger partial charge is 0.279 e. The van der Waals surface area contributed by atoms with Crippen LogP contribution in [0.5, 0.6) is 11.5 Å². The Morgan fingerprint density at radius 2 is 1.70 bits per heavy atom. The molecule has 1 unspecified atom stereocenters. The third-order valence-corrected chi connectivity index (χ3v) is 4.38. The number of likely N-dealkylation sites (N-methyl/N-ethyl adjacent to an activating group) is 1. The molecule has 0 bridgehead atoms. The van der Waals surface area contributed by atoms with E-state index in [1.165, 1.54) is 12.1 Å². The summed E-state index contributed by atoms with van der Waals surface area (Å²) in [6, 6.07) is 11.8. The predicted molar refractivity (Wildman–Crippen MR) is 104 cm³/mol. The lowest BCUT2D eigenvalue weighted by molar-refractivity contribution is -0.902. The Kier molecular flexibility index (Phi) is 7.61. The van der Waals surface area contributed by atoms with E-state index in [1.54, 1.807) is 30.3 Å². The molecular formula is C21H28FN2O3+. The molecule has 2 atom stereocenters. The Morgan fingerprint density at radius 1 is 1.07 bits per heavy atom. The zero-order valence-electron chi connectivity index (χ0n) is 16.3. The van der Waals surface area contributed by atoms with Crippen LogP contribution in [0.25, 0.3) is 0 Å². The number of carbonyl (C=O) groups is 1. The van der Waals surface area contributed by atoms with E-state index in [2.05, 4.69) is 5.32 Å². The van der Waals surface area contributed by atoms with Crippen molar-refractivity contribution >= 4 is 11.6 Å². The molecule has 6 heteroatoms. The number of quaternary nitrogens is 1. The molecule has 0 radical (unpaired) electrons. The predicted octanol–water partition coefficient (Wildman–Crippen LogP) is 2.84. The highest BCUT2D eigenvalue weighted by atomic mass is 19.1. The fourth-order valence-corrected chi connectivity index (χ4v) is 2.78. The number of hydrogen-bond acceptors (Lipinski definition) is 3. The molecule has 0 spiro atoms. The van der Waals surface area contributed by atoms with Crippen molar-refractivity contribution in [2.24, 2.45) is 0 Å². The third kappa shape index (κ3) is 5.96. The zero-order valence-corrected chi connectivity index (χ0v) is 16.3. The highest BCUT2D eigenvalue weighted by Gasteiger charge is 2.19. The van der Waals surface area contributed by atoms with E-state index in [0.717, 1.165) is 10.5 Å². The summed E-state index contributed by atoms with van der Waals surface area (Å²) in [5, 5.41) is 2.90. The van der Waals surface area contributed by atoms with Gasteiger partial charge in [-0.25, -0.2) is 4.39 Å². The minimum Gasteiger partial charge on any atom is -0.490 e. The van der Waals surface area contributed by atoms with Crippen LogP contribution < -0.4 is 19.7 Å². The molecule has 1 amide bonds. The lowest BCUT2D eigenvalue weighted by Gasteiger charge is -2.21. The highest BCUT2D eigenvalue weighted by molar-refractivity contribution is 5.91. The van der Waals surface area contributed by atoms with Gasteiger partial charge in [-0.2, -0.15) is 0 Å². The summed E-state index contributed by atoms with van der Waals surface area (Å²) in [7, 11) is 1.94. The van der Waals surface area contributed by atoms with Crippen LogP contribution in [0.3, 0.4) is 0 Å². The van der Waals surface area contributed by atoms with Gasteiger partial charge < -0.3 is 19.7 Å². The molecule has 2 aromatic rings. The number of rotatable bonds is 9. The second-order valence-corrected chi connectivity index (χ2v) is 6.37. The number of hydrogen-bond donors (Lipinski definition) is 2. The van der Waals surface area contributed by atoms with E-state index < -0.39 is 0 Å². The number of benzene rings is 2. The summed E-state index contributed by atoms with van der Waals surface area (Å²) in [6.07, 6.45) is 0. The minimum atomic E-state index is -0.262. The van der Waals surface area contributed by atoms with Gasteiger partial charge >= 0.3 is 0 Å². The minimum absolute atomic E-state index is 0.0654. The van der Waals surface area contributed by atoms with Crippen molar-refractivity contribution in [1.29, 1.82) is 0 Å². The first-order valence-corrected chi connectivity index (χ1v) is 9.21. The molecule has 0 saturated heterocycles. The van der Waals surface area contributed by atoms with Crippen molar-refractivity contribution in [3.8, 4) is 11.5 Å². The zero-order chi connectivity index (χ0) is 19.8. The van der Waals surface area contributed by atoms with Crippen LogP contribution in [0.15, 0.2) is 42.5 Å². The van der Waals surface area contributed by atoms with Gasteiger partial charge in [0.05, 0.1) is 20.3 Å². The molecule has 5 nitrogen and oxygen atoms in total. The van der Waals surface area contributed by atoms with Gasteiger partial charge in [-0.05, 0) is 45.0 Å². The van der Waals surface area contributed by atoms with Crippen LogP contribution in [0.4, 0.5) is 10.1 Å². The maximum Gasteiger partial charge on any atom is 0.279 e. The Morgan fingerprint density at radius 3 is 2.33 bits per heavy atom. The van der Waals surface area contributed by atoms with E-state index in [1.807, 2.05) is 27.8 Å². The van der Waals surface area contributed by atoms with Crippen LogP contribution in [0.2, 0.25) is 0 Å². The van der Waals surface area contributed by atoms with Crippen LogP contribution >= 0.6 is 0 Å². The molecule has 0 fully saturated rings. The molecule has 2 rings (SSSR count). The number of anilines is 1.